The second kappa shape index (κ2) is 8.72. The normalized spacial score (nSPS) is 14.1. The zero-order valence-electron chi connectivity index (χ0n) is 12.8. The molecule has 2 unspecified atom stereocenters. The fraction of sp³-hybridized carbons (Fsp3) is 0.562. The lowest BCUT2D eigenvalue weighted by atomic mass is 10.0. The molecule has 0 spiro atoms. The summed E-state index contributed by atoms with van der Waals surface area (Å²) in [6.45, 7) is 3.50. The third kappa shape index (κ3) is 6.17. The maximum Gasteiger partial charge on any atom is 0.220 e. The smallest absolute Gasteiger partial charge is 0.220 e. The Bertz CT molecular complexity index is 392. The van der Waals surface area contributed by atoms with E-state index in [1.54, 1.807) is 0 Å². The molecule has 0 saturated carbocycles. The van der Waals surface area contributed by atoms with Gasteiger partial charge in [0.2, 0.25) is 5.91 Å². The first-order valence-electron chi connectivity index (χ1n) is 7.22. The van der Waals surface area contributed by atoms with Crippen molar-refractivity contribution in [3.05, 3.63) is 35.9 Å². The number of nitrogens with one attached hydrogen (secondary N) is 1. The van der Waals surface area contributed by atoms with E-state index in [0.29, 0.717) is 18.9 Å². The van der Waals surface area contributed by atoms with Crippen molar-refractivity contribution in [2.45, 2.75) is 25.8 Å². The van der Waals surface area contributed by atoms with Crippen LogP contribution in [0.15, 0.2) is 30.3 Å². The van der Waals surface area contributed by atoms with E-state index in [9.17, 15) is 4.79 Å². The molecule has 0 aliphatic heterocycles. The van der Waals surface area contributed by atoms with Gasteiger partial charge in [0.15, 0.2) is 0 Å². The predicted octanol–water partition coefficient (Wildman–Crippen LogP) is 1.78. The van der Waals surface area contributed by atoms with Crippen molar-refractivity contribution in [2.24, 2.45) is 11.7 Å². The van der Waals surface area contributed by atoms with Crippen LogP contribution < -0.4 is 11.1 Å². The van der Waals surface area contributed by atoms with Gasteiger partial charge in [-0.15, -0.1) is 0 Å². The van der Waals surface area contributed by atoms with Crippen LogP contribution in [0.3, 0.4) is 0 Å². The standard InChI is InChI=1S/C16H27N3O/c1-13(11-17)9-10-16(20)18-15(12-19(2)3)14-7-5-4-6-8-14/h4-8,13,15H,9-12,17H2,1-3H3,(H,18,20). The number of benzene rings is 1. The second-order valence-electron chi connectivity index (χ2n) is 5.67. The molecular formula is C16H27N3O. The Morgan fingerprint density at radius 2 is 1.95 bits per heavy atom. The van der Waals surface area contributed by atoms with Crippen LogP contribution in [0, 0.1) is 5.92 Å². The highest BCUT2D eigenvalue weighted by Gasteiger charge is 2.15. The summed E-state index contributed by atoms with van der Waals surface area (Å²) in [5.41, 5.74) is 6.72. The molecule has 4 heteroatoms. The van der Waals surface area contributed by atoms with Gasteiger partial charge in [-0.05, 0) is 38.5 Å². The lowest BCUT2D eigenvalue weighted by Gasteiger charge is -2.23. The third-order valence-corrected chi connectivity index (χ3v) is 3.35. The number of carbonyl (C=O) groups excluding carboxylic acids is 1. The van der Waals surface area contributed by atoms with Crippen molar-refractivity contribution in [1.29, 1.82) is 0 Å². The molecule has 0 fully saturated rings. The second-order valence-corrected chi connectivity index (χ2v) is 5.67. The Kier molecular flexibility index (Phi) is 7.26. The number of nitrogens with two attached hydrogens (primary N) is 1. The summed E-state index contributed by atoms with van der Waals surface area (Å²) >= 11 is 0. The highest BCUT2D eigenvalue weighted by molar-refractivity contribution is 5.76. The summed E-state index contributed by atoms with van der Waals surface area (Å²) in [5.74, 6) is 0.491. The van der Waals surface area contributed by atoms with E-state index in [-0.39, 0.29) is 11.9 Å². The van der Waals surface area contributed by atoms with Gasteiger partial charge >= 0.3 is 0 Å². The minimum absolute atomic E-state index is 0.0342. The zero-order chi connectivity index (χ0) is 15.0. The fourth-order valence-electron chi connectivity index (χ4n) is 2.05. The maximum atomic E-state index is 12.1. The maximum absolute atomic E-state index is 12.1. The topological polar surface area (TPSA) is 58.4 Å². The van der Waals surface area contributed by atoms with E-state index < -0.39 is 0 Å². The van der Waals surface area contributed by atoms with Crippen molar-refractivity contribution in [1.82, 2.24) is 10.2 Å². The molecule has 0 radical (unpaired) electrons. The quantitative estimate of drug-likeness (QED) is 0.761. The van der Waals surface area contributed by atoms with E-state index in [1.165, 1.54) is 0 Å². The van der Waals surface area contributed by atoms with E-state index in [2.05, 4.69) is 29.3 Å². The van der Waals surface area contributed by atoms with Gasteiger partial charge in [-0.1, -0.05) is 37.3 Å². The molecule has 1 aromatic carbocycles. The minimum atomic E-state index is 0.0342. The zero-order valence-corrected chi connectivity index (χ0v) is 12.8. The van der Waals surface area contributed by atoms with Crippen LogP contribution in [0.5, 0.6) is 0 Å². The van der Waals surface area contributed by atoms with Gasteiger partial charge in [0, 0.05) is 13.0 Å². The van der Waals surface area contributed by atoms with Crippen LogP contribution in [0.25, 0.3) is 0 Å². The molecule has 1 amide bonds. The number of nitrogens with zero attached hydrogens (tertiary/aromatic N) is 1. The molecule has 4 nitrogen and oxygen atoms in total. The molecule has 0 aromatic heterocycles. The largest absolute Gasteiger partial charge is 0.348 e. The number of rotatable bonds is 8. The molecule has 3 N–H and O–H groups in total. The number of carbonyl (C=O) groups is 1. The SMILES string of the molecule is CC(CN)CCC(=O)NC(CN(C)C)c1ccccc1. The Morgan fingerprint density at radius 3 is 2.50 bits per heavy atom. The first-order chi connectivity index (χ1) is 9.52. The molecule has 1 aromatic rings. The first kappa shape index (κ1) is 16.7. The lowest BCUT2D eigenvalue weighted by molar-refractivity contribution is -0.122. The summed E-state index contributed by atoms with van der Waals surface area (Å²) in [5, 5.41) is 3.12. The summed E-state index contributed by atoms with van der Waals surface area (Å²) in [6.07, 6.45) is 1.38. The van der Waals surface area contributed by atoms with Crippen molar-refractivity contribution < 1.29 is 4.79 Å². The van der Waals surface area contributed by atoms with Crippen LogP contribution in [-0.2, 0) is 4.79 Å². The molecule has 112 valence electrons. The monoisotopic (exact) mass is 277 g/mol. The van der Waals surface area contributed by atoms with E-state index in [0.717, 1.165) is 18.5 Å². The highest BCUT2D eigenvalue weighted by Crippen LogP contribution is 2.14. The number of hydrogen-bond acceptors (Lipinski definition) is 3. The minimum Gasteiger partial charge on any atom is -0.348 e. The van der Waals surface area contributed by atoms with Gasteiger partial charge in [0.25, 0.3) is 0 Å². The van der Waals surface area contributed by atoms with Crippen LogP contribution >= 0.6 is 0 Å². The van der Waals surface area contributed by atoms with Gasteiger partial charge in [0.05, 0.1) is 6.04 Å². The van der Waals surface area contributed by atoms with Gasteiger partial charge in [-0.3, -0.25) is 4.79 Å². The molecule has 1 rings (SSSR count). The van der Waals surface area contributed by atoms with E-state index in [4.69, 9.17) is 5.73 Å². The van der Waals surface area contributed by atoms with Crippen LogP contribution in [0.4, 0.5) is 0 Å². The lowest BCUT2D eigenvalue weighted by Crippen LogP contribution is -2.35. The van der Waals surface area contributed by atoms with Gasteiger partial charge in [-0.25, -0.2) is 0 Å². The summed E-state index contributed by atoms with van der Waals surface area (Å²) in [6, 6.07) is 10.1. The number of likely N-dealkylation sites (N-methyl/N-ethyl adjacent to an activating group) is 1. The van der Waals surface area contributed by atoms with E-state index in [1.807, 2.05) is 32.3 Å². The average Bonchev–Trinajstić information content (AvgIpc) is 2.44. The molecule has 0 aliphatic rings. The van der Waals surface area contributed by atoms with Crippen molar-refractivity contribution in [3.63, 3.8) is 0 Å². The Labute approximate surface area is 122 Å². The Balaban J connectivity index is 2.59. The Hall–Kier alpha value is -1.39. The van der Waals surface area contributed by atoms with Crippen molar-refractivity contribution in [3.8, 4) is 0 Å². The molecule has 0 saturated heterocycles. The fourth-order valence-corrected chi connectivity index (χ4v) is 2.05. The molecule has 0 aliphatic carbocycles. The first-order valence-corrected chi connectivity index (χ1v) is 7.22. The van der Waals surface area contributed by atoms with Crippen molar-refractivity contribution in [2.75, 3.05) is 27.2 Å². The number of amides is 1. The summed E-state index contributed by atoms with van der Waals surface area (Å²) in [4.78, 5) is 14.1. The van der Waals surface area contributed by atoms with Gasteiger partial charge in [0.1, 0.15) is 0 Å². The highest BCUT2D eigenvalue weighted by atomic mass is 16.1. The molecular weight excluding hydrogens is 250 g/mol. The third-order valence-electron chi connectivity index (χ3n) is 3.35. The van der Waals surface area contributed by atoms with Gasteiger partial charge < -0.3 is 16.0 Å². The predicted molar refractivity (Wildman–Crippen MR) is 83.3 cm³/mol. The molecule has 0 heterocycles. The summed E-state index contributed by atoms with van der Waals surface area (Å²) < 4.78 is 0. The van der Waals surface area contributed by atoms with Crippen LogP contribution in [0.1, 0.15) is 31.4 Å². The average molecular weight is 277 g/mol. The van der Waals surface area contributed by atoms with E-state index >= 15 is 0 Å². The number of hydrogen-bond donors (Lipinski definition) is 2. The summed E-state index contributed by atoms with van der Waals surface area (Å²) in [7, 11) is 4.02. The molecule has 20 heavy (non-hydrogen) atoms. The van der Waals surface area contributed by atoms with Gasteiger partial charge in [-0.2, -0.15) is 0 Å². The van der Waals surface area contributed by atoms with Crippen molar-refractivity contribution >= 4 is 5.91 Å². The van der Waals surface area contributed by atoms with Crippen LogP contribution in [-0.4, -0.2) is 38.0 Å². The van der Waals surface area contributed by atoms with Crippen LogP contribution in [0.2, 0.25) is 0 Å². The Morgan fingerprint density at radius 1 is 1.30 bits per heavy atom. The molecule has 2 atom stereocenters. The molecule has 0 bridgehead atoms.